The van der Waals surface area contributed by atoms with Gasteiger partial charge in [-0.25, -0.2) is 0 Å². The fourth-order valence-corrected chi connectivity index (χ4v) is 1.71. The van der Waals surface area contributed by atoms with E-state index in [1.165, 1.54) is 30.3 Å². The Morgan fingerprint density at radius 2 is 1.86 bits per heavy atom. The van der Waals surface area contributed by atoms with Gasteiger partial charge in [0.15, 0.2) is 0 Å². The molecule has 110 valence electrons. The van der Waals surface area contributed by atoms with E-state index in [1.807, 2.05) is 0 Å². The fourth-order valence-electron chi connectivity index (χ4n) is 1.71. The van der Waals surface area contributed by atoms with Gasteiger partial charge in [0.1, 0.15) is 5.75 Å². The first-order valence-corrected chi connectivity index (χ1v) is 5.84. The molecule has 21 heavy (non-hydrogen) atoms. The predicted octanol–water partition coefficient (Wildman–Crippen LogP) is 3.25. The first kappa shape index (κ1) is 14.7. The number of carbonyl (C=O) groups excluding carboxylic acids is 1. The van der Waals surface area contributed by atoms with Crippen molar-refractivity contribution in [1.29, 1.82) is 0 Å². The first-order chi connectivity index (χ1) is 9.77. The van der Waals surface area contributed by atoms with E-state index in [0.29, 0.717) is 0 Å². The second kappa shape index (κ2) is 5.35. The number of hydrogen-bond acceptors (Lipinski definition) is 3. The lowest BCUT2D eigenvalue weighted by atomic mass is 10.1. The van der Waals surface area contributed by atoms with Crippen LogP contribution in [-0.2, 0) is 6.18 Å². The number of halogens is 3. The molecule has 0 saturated carbocycles. The van der Waals surface area contributed by atoms with Crippen molar-refractivity contribution in [2.75, 3.05) is 11.1 Å². The van der Waals surface area contributed by atoms with Crippen molar-refractivity contribution in [1.82, 2.24) is 0 Å². The molecule has 0 aliphatic rings. The van der Waals surface area contributed by atoms with E-state index in [4.69, 9.17) is 5.73 Å². The molecule has 0 saturated heterocycles. The molecule has 0 bridgehead atoms. The molecule has 2 rings (SSSR count). The van der Waals surface area contributed by atoms with E-state index in [-0.39, 0.29) is 22.7 Å². The largest absolute Gasteiger partial charge is 0.507 e. The highest BCUT2D eigenvalue weighted by Crippen LogP contribution is 2.31. The molecule has 0 aromatic heterocycles. The highest BCUT2D eigenvalue weighted by Gasteiger charge is 2.30. The number of phenols is 1. The SMILES string of the molecule is Nc1ccc(O)c(C(=O)Nc2cccc(C(F)(F)F)c2)c1. The molecule has 0 atom stereocenters. The molecule has 0 fully saturated rings. The van der Waals surface area contributed by atoms with E-state index in [2.05, 4.69) is 5.32 Å². The van der Waals surface area contributed by atoms with Crippen LogP contribution < -0.4 is 11.1 Å². The molecular formula is C14H11F3N2O2. The number of phenolic OH excluding ortho intramolecular Hbond substituents is 1. The Labute approximate surface area is 118 Å². The van der Waals surface area contributed by atoms with Gasteiger partial charge in [-0.1, -0.05) is 6.07 Å². The molecule has 0 heterocycles. The zero-order valence-electron chi connectivity index (χ0n) is 10.6. The Bertz CT molecular complexity index is 684. The van der Waals surface area contributed by atoms with Crippen molar-refractivity contribution in [2.45, 2.75) is 6.18 Å². The molecule has 2 aromatic rings. The summed E-state index contributed by atoms with van der Waals surface area (Å²) in [5.74, 6) is -1.06. The van der Waals surface area contributed by atoms with Crippen LogP contribution in [0.5, 0.6) is 5.75 Å². The second-order valence-electron chi connectivity index (χ2n) is 4.31. The fraction of sp³-hybridized carbons (Fsp3) is 0.0714. The Morgan fingerprint density at radius 3 is 2.52 bits per heavy atom. The maximum absolute atomic E-state index is 12.6. The Kier molecular flexibility index (Phi) is 3.75. The summed E-state index contributed by atoms with van der Waals surface area (Å²) in [6, 6.07) is 8.06. The van der Waals surface area contributed by atoms with Crippen LogP contribution in [0.25, 0.3) is 0 Å². The number of rotatable bonds is 2. The van der Waals surface area contributed by atoms with Gasteiger partial charge in [-0.2, -0.15) is 13.2 Å². The molecule has 7 heteroatoms. The third-order valence-electron chi connectivity index (χ3n) is 2.71. The van der Waals surface area contributed by atoms with Gasteiger partial charge in [0, 0.05) is 11.4 Å². The predicted molar refractivity (Wildman–Crippen MR) is 71.9 cm³/mol. The number of hydrogen-bond donors (Lipinski definition) is 3. The summed E-state index contributed by atoms with van der Waals surface area (Å²) in [5, 5.41) is 11.9. The lowest BCUT2D eigenvalue weighted by Crippen LogP contribution is -2.13. The number of nitrogen functional groups attached to an aromatic ring is 1. The highest BCUT2D eigenvalue weighted by molar-refractivity contribution is 6.06. The number of alkyl halides is 3. The summed E-state index contributed by atoms with van der Waals surface area (Å²) in [4.78, 5) is 11.9. The van der Waals surface area contributed by atoms with Crippen molar-refractivity contribution in [3.05, 3.63) is 53.6 Å². The molecule has 0 radical (unpaired) electrons. The zero-order valence-corrected chi connectivity index (χ0v) is 10.6. The van der Waals surface area contributed by atoms with Crippen LogP contribution >= 0.6 is 0 Å². The van der Waals surface area contributed by atoms with E-state index in [0.717, 1.165) is 12.1 Å². The van der Waals surface area contributed by atoms with Gasteiger partial charge in [-0.3, -0.25) is 4.79 Å². The average Bonchev–Trinajstić information content (AvgIpc) is 2.41. The van der Waals surface area contributed by atoms with Crippen molar-refractivity contribution in [2.24, 2.45) is 0 Å². The average molecular weight is 296 g/mol. The van der Waals surface area contributed by atoms with Gasteiger partial charge in [0.25, 0.3) is 5.91 Å². The molecule has 2 aromatic carbocycles. The molecule has 0 spiro atoms. The van der Waals surface area contributed by atoms with E-state index in [1.54, 1.807) is 0 Å². The number of carbonyl (C=O) groups is 1. The summed E-state index contributed by atoms with van der Waals surface area (Å²) in [5.41, 5.74) is 4.73. The third kappa shape index (κ3) is 3.44. The maximum Gasteiger partial charge on any atom is 0.416 e. The Hall–Kier alpha value is -2.70. The van der Waals surface area contributed by atoms with E-state index < -0.39 is 17.6 Å². The minimum absolute atomic E-state index is 0.0309. The smallest absolute Gasteiger partial charge is 0.416 e. The van der Waals surface area contributed by atoms with Crippen LogP contribution in [0.4, 0.5) is 24.5 Å². The first-order valence-electron chi connectivity index (χ1n) is 5.84. The van der Waals surface area contributed by atoms with Crippen LogP contribution in [0.3, 0.4) is 0 Å². The molecule has 1 amide bonds. The number of nitrogens with two attached hydrogens (primary N) is 1. The van der Waals surface area contributed by atoms with Crippen molar-refractivity contribution >= 4 is 17.3 Å². The topological polar surface area (TPSA) is 75.3 Å². The third-order valence-corrected chi connectivity index (χ3v) is 2.71. The highest BCUT2D eigenvalue weighted by atomic mass is 19.4. The van der Waals surface area contributed by atoms with Gasteiger partial charge in [0.05, 0.1) is 11.1 Å². The van der Waals surface area contributed by atoms with Crippen LogP contribution in [0.15, 0.2) is 42.5 Å². The zero-order chi connectivity index (χ0) is 15.6. The van der Waals surface area contributed by atoms with Gasteiger partial charge < -0.3 is 16.2 Å². The van der Waals surface area contributed by atoms with Gasteiger partial charge in [-0.15, -0.1) is 0 Å². The number of amides is 1. The number of aromatic hydroxyl groups is 1. The van der Waals surface area contributed by atoms with Crippen LogP contribution in [0, 0.1) is 0 Å². The normalized spacial score (nSPS) is 11.2. The minimum atomic E-state index is -4.50. The Balaban J connectivity index is 2.26. The second-order valence-corrected chi connectivity index (χ2v) is 4.31. The standard InChI is InChI=1S/C14H11F3N2O2/c15-14(16,17)8-2-1-3-10(6-8)19-13(21)11-7-9(18)4-5-12(11)20/h1-7,20H,18H2,(H,19,21). The van der Waals surface area contributed by atoms with E-state index in [9.17, 15) is 23.1 Å². The van der Waals surface area contributed by atoms with Crippen LogP contribution in [-0.4, -0.2) is 11.0 Å². The van der Waals surface area contributed by atoms with Crippen molar-refractivity contribution < 1.29 is 23.1 Å². The summed E-state index contributed by atoms with van der Waals surface area (Å²) in [6.07, 6.45) is -4.50. The monoisotopic (exact) mass is 296 g/mol. The number of anilines is 2. The van der Waals surface area contributed by atoms with E-state index >= 15 is 0 Å². The molecule has 0 aliphatic carbocycles. The van der Waals surface area contributed by atoms with Crippen molar-refractivity contribution in [3.63, 3.8) is 0 Å². The molecule has 0 aliphatic heterocycles. The molecular weight excluding hydrogens is 285 g/mol. The molecule has 4 nitrogen and oxygen atoms in total. The summed E-state index contributed by atoms with van der Waals surface area (Å²) >= 11 is 0. The maximum atomic E-state index is 12.6. The summed E-state index contributed by atoms with van der Waals surface area (Å²) < 4.78 is 37.7. The van der Waals surface area contributed by atoms with Gasteiger partial charge in [0.2, 0.25) is 0 Å². The quantitative estimate of drug-likeness (QED) is 0.588. The minimum Gasteiger partial charge on any atom is -0.507 e. The van der Waals surface area contributed by atoms with Crippen molar-refractivity contribution in [3.8, 4) is 5.75 Å². The summed E-state index contributed by atoms with van der Waals surface area (Å²) in [7, 11) is 0. The Morgan fingerprint density at radius 1 is 1.14 bits per heavy atom. The van der Waals surface area contributed by atoms with Crippen LogP contribution in [0.2, 0.25) is 0 Å². The number of benzene rings is 2. The van der Waals surface area contributed by atoms with Gasteiger partial charge >= 0.3 is 6.18 Å². The summed E-state index contributed by atoms with van der Waals surface area (Å²) in [6.45, 7) is 0. The number of nitrogens with one attached hydrogen (secondary N) is 1. The lowest BCUT2D eigenvalue weighted by molar-refractivity contribution is -0.137. The van der Waals surface area contributed by atoms with Gasteiger partial charge in [-0.05, 0) is 36.4 Å². The molecule has 0 unspecified atom stereocenters. The lowest BCUT2D eigenvalue weighted by Gasteiger charge is -2.10. The van der Waals surface area contributed by atoms with Crippen LogP contribution in [0.1, 0.15) is 15.9 Å². The molecule has 4 N–H and O–H groups in total.